The summed E-state index contributed by atoms with van der Waals surface area (Å²) in [6, 6.07) is 16.2. The highest BCUT2D eigenvalue weighted by atomic mass is 16.6. The molecule has 2 aromatic rings. The van der Waals surface area contributed by atoms with Gasteiger partial charge in [-0.15, -0.1) is 0 Å². The molecule has 2 aromatic carbocycles. The number of carbonyl (C=O) groups is 3. The van der Waals surface area contributed by atoms with E-state index in [1.165, 1.54) is 6.26 Å². The summed E-state index contributed by atoms with van der Waals surface area (Å²) in [4.78, 5) is 38.9. The lowest BCUT2D eigenvalue weighted by Crippen LogP contribution is -2.43. The van der Waals surface area contributed by atoms with Crippen molar-refractivity contribution in [2.24, 2.45) is 17.8 Å². The number of hydrogen-bond acceptors (Lipinski definition) is 9. The van der Waals surface area contributed by atoms with Crippen LogP contribution >= 0.6 is 0 Å². The smallest absolute Gasteiger partial charge is 0.314 e. The van der Waals surface area contributed by atoms with Gasteiger partial charge in [0.2, 0.25) is 5.91 Å². The number of aliphatic hydroxyl groups excluding tert-OH is 1. The van der Waals surface area contributed by atoms with Crippen LogP contribution in [0.15, 0.2) is 73.5 Å². The van der Waals surface area contributed by atoms with Gasteiger partial charge in [-0.3, -0.25) is 14.4 Å². The Bertz CT molecular complexity index is 1200. The zero-order chi connectivity index (χ0) is 30.1. The average molecular weight is 573 g/mol. The second-order valence-electron chi connectivity index (χ2n) is 10.1. The maximum atomic E-state index is 13.0. The fraction of sp³-hybridized carbons (Fsp3) is 0.433. The SMILES string of the molecule is [B][C@@H]1O[C@H](CO)C(CC(=O)NC[C@H]2O[C@@H]([B])C(C(=O)OCc3ccccc3)C2OC=C)C1C(=O)OCc1ccccc1. The molecular weight excluding hydrogens is 540 g/mol. The molecule has 1 amide bonds. The summed E-state index contributed by atoms with van der Waals surface area (Å²) in [5.74, 6) is -4.35. The van der Waals surface area contributed by atoms with Crippen molar-refractivity contribution in [2.75, 3.05) is 13.2 Å². The van der Waals surface area contributed by atoms with Crippen LogP contribution < -0.4 is 5.32 Å². The maximum absolute atomic E-state index is 13.0. The van der Waals surface area contributed by atoms with Crippen molar-refractivity contribution < 1.29 is 43.2 Å². The molecule has 4 rings (SSSR count). The summed E-state index contributed by atoms with van der Waals surface area (Å²) in [6.07, 6.45) is -1.50. The molecule has 12 heteroatoms. The van der Waals surface area contributed by atoms with Crippen LogP contribution in [0.5, 0.6) is 0 Å². The highest BCUT2D eigenvalue weighted by Gasteiger charge is 2.49. The summed E-state index contributed by atoms with van der Waals surface area (Å²) >= 11 is 0. The molecule has 2 N–H and O–H groups in total. The fourth-order valence-electron chi connectivity index (χ4n) is 5.26. The van der Waals surface area contributed by atoms with E-state index < -0.39 is 72.5 Å². The van der Waals surface area contributed by atoms with Crippen LogP contribution in [0.2, 0.25) is 0 Å². The second kappa shape index (κ2) is 15.0. The normalized spacial score (nSPS) is 28.5. The van der Waals surface area contributed by atoms with E-state index in [1.54, 1.807) is 0 Å². The lowest BCUT2D eigenvalue weighted by molar-refractivity contribution is -0.153. The Morgan fingerprint density at radius 2 is 1.38 bits per heavy atom. The molecule has 0 spiro atoms. The van der Waals surface area contributed by atoms with Crippen LogP contribution in [0.3, 0.4) is 0 Å². The molecule has 8 atom stereocenters. The van der Waals surface area contributed by atoms with Gasteiger partial charge in [-0.2, -0.15) is 0 Å². The van der Waals surface area contributed by atoms with E-state index in [2.05, 4.69) is 11.9 Å². The molecule has 2 saturated heterocycles. The molecule has 2 fully saturated rings. The average Bonchev–Trinajstić information content (AvgIpc) is 3.49. The third-order valence-corrected chi connectivity index (χ3v) is 7.38. The largest absolute Gasteiger partial charge is 0.495 e. The minimum Gasteiger partial charge on any atom is -0.495 e. The summed E-state index contributed by atoms with van der Waals surface area (Å²) in [5, 5.41) is 12.6. The molecule has 2 aliphatic rings. The summed E-state index contributed by atoms with van der Waals surface area (Å²) in [5.41, 5.74) is 1.60. The van der Waals surface area contributed by atoms with Gasteiger partial charge in [0, 0.05) is 30.9 Å². The Balaban J connectivity index is 1.34. The Morgan fingerprint density at radius 3 is 1.93 bits per heavy atom. The molecule has 42 heavy (non-hydrogen) atoms. The number of rotatable bonds is 13. The number of aliphatic hydroxyl groups is 1. The number of benzene rings is 2. The van der Waals surface area contributed by atoms with Crippen LogP contribution in [0.25, 0.3) is 0 Å². The van der Waals surface area contributed by atoms with Gasteiger partial charge in [0.1, 0.15) is 47.0 Å². The van der Waals surface area contributed by atoms with Crippen LogP contribution in [0.1, 0.15) is 17.5 Å². The first-order chi connectivity index (χ1) is 20.3. The molecule has 0 bridgehead atoms. The Kier molecular flexibility index (Phi) is 11.2. The van der Waals surface area contributed by atoms with Gasteiger partial charge in [0.05, 0.1) is 24.9 Å². The van der Waals surface area contributed by atoms with Crippen molar-refractivity contribution in [1.82, 2.24) is 5.32 Å². The minimum atomic E-state index is -1.05. The first-order valence-corrected chi connectivity index (χ1v) is 13.7. The summed E-state index contributed by atoms with van der Waals surface area (Å²) in [7, 11) is 12.2. The van der Waals surface area contributed by atoms with Gasteiger partial charge in [-0.25, -0.2) is 0 Å². The second-order valence-corrected chi connectivity index (χ2v) is 10.1. The number of ether oxygens (including phenoxy) is 5. The number of esters is 2. The van der Waals surface area contributed by atoms with Gasteiger partial charge < -0.3 is 34.1 Å². The molecule has 218 valence electrons. The summed E-state index contributed by atoms with van der Waals surface area (Å²) < 4.78 is 27.8. The van der Waals surface area contributed by atoms with Gasteiger partial charge in [-0.05, 0) is 11.1 Å². The van der Waals surface area contributed by atoms with E-state index in [9.17, 15) is 19.5 Å². The molecule has 0 aromatic heterocycles. The predicted molar refractivity (Wildman–Crippen MR) is 152 cm³/mol. The van der Waals surface area contributed by atoms with E-state index in [0.29, 0.717) is 0 Å². The molecule has 10 nitrogen and oxygen atoms in total. The first kappa shape index (κ1) is 31.3. The molecule has 0 saturated carbocycles. The Hall–Kier alpha value is -3.60. The van der Waals surface area contributed by atoms with Crippen LogP contribution in [-0.2, 0) is 51.3 Å². The molecule has 4 radical (unpaired) electrons. The van der Waals surface area contributed by atoms with Crippen molar-refractivity contribution in [3.05, 3.63) is 84.6 Å². The van der Waals surface area contributed by atoms with E-state index in [-0.39, 0.29) is 26.2 Å². The summed E-state index contributed by atoms with van der Waals surface area (Å²) in [6.45, 7) is 3.16. The van der Waals surface area contributed by atoms with E-state index in [4.69, 9.17) is 39.4 Å². The molecule has 2 aliphatic heterocycles. The van der Waals surface area contributed by atoms with Crippen LogP contribution in [-0.4, -0.2) is 82.1 Å². The number of carbonyl (C=O) groups excluding carboxylic acids is 3. The maximum Gasteiger partial charge on any atom is 0.314 e. The molecule has 0 aliphatic carbocycles. The molecule has 4 unspecified atom stereocenters. The van der Waals surface area contributed by atoms with Crippen molar-refractivity contribution >= 4 is 33.5 Å². The fourth-order valence-corrected chi connectivity index (χ4v) is 5.26. The monoisotopic (exact) mass is 573 g/mol. The predicted octanol–water partition coefficient (Wildman–Crippen LogP) is 1.14. The van der Waals surface area contributed by atoms with Gasteiger partial charge >= 0.3 is 11.9 Å². The highest BCUT2D eigenvalue weighted by Crippen LogP contribution is 2.35. The van der Waals surface area contributed by atoms with E-state index in [0.717, 1.165) is 11.1 Å². The number of nitrogens with one attached hydrogen (secondary N) is 1. The lowest BCUT2D eigenvalue weighted by atomic mass is 9.78. The number of hydrogen-bond donors (Lipinski definition) is 2. The van der Waals surface area contributed by atoms with E-state index >= 15 is 0 Å². The van der Waals surface area contributed by atoms with Gasteiger partial charge in [0.25, 0.3) is 0 Å². The van der Waals surface area contributed by atoms with Gasteiger partial charge in [0.15, 0.2) is 0 Å². The first-order valence-electron chi connectivity index (χ1n) is 13.7. The van der Waals surface area contributed by atoms with Crippen LogP contribution in [0.4, 0.5) is 0 Å². The minimum absolute atomic E-state index is 0.0323. The Morgan fingerprint density at radius 1 is 0.857 bits per heavy atom. The van der Waals surface area contributed by atoms with Crippen molar-refractivity contribution in [3.8, 4) is 0 Å². The molecular formula is C30H33B2NO9. The van der Waals surface area contributed by atoms with Crippen molar-refractivity contribution in [1.29, 1.82) is 0 Å². The third kappa shape index (κ3) is 7.81. The van der Waals surface area contributed by atoms with Crippen molar-refractivity contribution in [2.45, 2.75) is 50.0 Å². The quantitative estimate of drug-likeness (QED) is 0.206. The van der Waals surface area contributed by atoms with E-state index in [1.807, 2.05) is 60.7 Å². The van der Waals surface area contributed by atoms with Crippen molar-refractivity contribution in [3.63, 3.8) is 0 Å². The highest BCUT2D eigenvalue weighted by molar-refractivity contribution is 6.13. The number of amides is 1. The molecule has 2 heterocycles. The standard InChI is InChI=1S/C30H33B2NO9/c1-2-38-26-21(41-28(32)25(26)30(37)40-17-19-11-7-4-8-12-19)14-33-23(35)13-20-22(15-34)42-27(31)24(20)29(36)39-16-18-9-5-3-6-10-18/h2-12,20-22,24-28,34H,1,13-17H2,(H,33,35)/t20?,21-,22-,24?,25?,26?,27-,28-/m1/s1. The lowest BCUT2D eigenvalue weighted by Gasteiger charge is -2.24. The van der Waals surface area contributed by atoms with Gasteiger partial charge in [-0.1, -0.05) is 67.2 Å². The Labute approximate surface area is 247 Å². The van der Waals surface area contributed by atoms with Crippen LogP contribution in [0, 0.1) is 17.8 Å². The topological polar surface area (TPSA) is 130 Å². The third-order valence-electron chi connectivity index (χ3n) is 7.38. The zero-order valence-corrected chi connectivity index (χ0v) is 23.1. The zero-order valence-electron chi connectivity index (χ0n) is 23.1.